The molecule has 0 aromatic heterocycles. The van der Waals surface area contributed by atoms with E-state index >= 15 is 0 Å². The quantitative estimate of drug-likeness (QED) is 0.382. The van der Waals surface area contributed by atoms with Crippen molar-refractivity contribution in [1.29, 1.82) is 0 Å². The van der Waals surface area contributed by atoms with Gasteiger partial charge in [-0.15, -0.1) is 6.58 Å². The van der Waals surface area contributed by atoms with E-state index in [4.69, 9.17) is 9.47 Å². The molecule has 4 rings (SSSR count). The van der Waals surface area contributed by atoms with Crippen LogP contribution in [0.2, 0.25) is 0 Å². The van der Waals surface area contributed by atoms with E-state index in [2.05, 4.69) is 6.58 Å². The first-order chi connectivity index (χ1) is 18.8. The van der Waals surface area contributed by atoms with Crippen molar-refractivity contribution < 1.29 is 34.1 Å². The SMILES string of the molecule is C=CC1(C)CC(O)C2(C)C3C(=O)CCC3(CCC2(C)OC(=O)C(C)N2CCN(C(=O)OC(C)(C)C)CC2)C(C)C1O. The van der Waals surface area contributed by atoms with E-state index < -0.39 is 57.6 Å². The van der Waals surface area contributed by atoms with Crippen LogP contribution in [0.1, 0.15) is 87.5 Å². The van der Waals surface area contributed by atoms with Gasteiger partial charge in [-0.05, 0) is 71.6 Å². The lowest BCUT2D eigenvalue weighted by Crippen LogP contribution is -2.69. The molecular formula is C32H52N2O7. The van der Waals surface area contributed by atoms with Crippen molar-refractivity contribution in [3.8, 4) is 0 Å². The highest BCUT2D eigenvalue weighted by molar-refractivity contribution is 5.86. The standard InChI is InChI=1S/C32H52N2O7/c1-10-29(7)19-23(36)31(9)24-22(35)11-12-32(24,20(2)25(29)37)14-13-30(31,8)40-26(38)21(3)33-15-17-34(18-16-33)27(39)41-28(4,5)6/h10,20-21,23-25,36-37H,1,11-19H2,2-9H3. The van der Waals surface area contributed by atoms with Crippen molar-refractivity contribution in [2.75, 3.05) is 26.2 Å². The first-order valence-electron chi connectivity index (χ1n) is 15.3. The monoisotopic (exact) mass is 576 g/mol. The van der Waals surface area contributed by atoms with Gasteiger partial charge in [0.15, 0.2) is 0 Å². The first kappa shape index (κ1) is 32.0. The van der Waals surface area contributed by atoms with Gasteiger partial charge < -0.3 is 24.6 Å². The predicted octanol–water partition coefficient (Wildman–Crippen LogP) is 3.95. The Morgan fingerprint density at radius 2 is 1.68 bits per heavy atom. The molecule has 4 fully saturated rings. The Morgan fingerprint density at radius 1 is 1.07 bits per heavy atom. The summed E-state index contributed by atoms with van der Waals surface area (Å²) >= 11 is 0. The predicted molar refractivity (Wildman–Crippen MR) is 155 cm³/mol. The molecule has 4 aliphatic rings. The number of rotatable bonds is 4. The number of hydrogen-bond acceptors (Lipinski definition) is 8. The van der Waals surface area contributed by atoms with Gasteiger partial charge in [-0.25, -0.2) is 4.79 Å². The Labute approximate surface area is 245 Å². The van der Waals surface area contributed by atoms with Crippen molar-refractivity contribution in [3.63, 3.8) is 0 Å². The molecule has 9 unspecified atom stereocenters. The van der Waals surface area contributed by atoms with Gasteiger partial charge in [0.05, 0.1) is 12.2 Å². The van der Waals surface area contributed by atoms with Crippen molar-refractivity contribution in [3.05, 3.63) is 12.7 Å². The van der Waals surface area contributed by atoms with E-state index in [1.54, 1.807) is 11.0 Å². The topological polar surface area (TPSA) is 117 Å². The third kappa shape index (κ3) is 5.14. The molecule has 0 radical (unpaired) electrons. The molecule has 2 N–H and O–H groups in total. The van der Waals surface area contributed by atoms with Gasteiger partial charge in [0.2, 0.25) is 0 Å². The maximum atomic E-state index is 13.8. The molecule has 0 aromatic rings. The van der Waals surface area contributed by atoms with Gasteiger partial charge >= 0.3 is 12.1 Å². The summed E-state index contributed by atoms with van der Waals surface area (Å²) in [6.45, 7) is 21.0. The molecule has 1 amide bonds. The van der Waals surface area contributed by atoms with Crippen molar-refractivity contribution in [2.45, 2.75) is 117 Å². The van der Waals surface area contributed by atoms with Crippen LogP contribution >= 0.6 is 0 Å². The highest BCUT2D eigenvalue weighted by Gasteiger charge is 2.72. The van der Waals surface area contributed by atoms with Crippen LogP contribution in [-0.4, -0.2) is 93.5 Å². The second kappa shape index (κ2) is 10.6. The maximum absolute atomic E-state index is 13.8. The molecule has 9 heteroatoms. The zero-order chi connectivity index (χ0) is 30.8. The third-order valence-electron chi connectivity index (χ3n) is 11.6. The smallest absolute Gasteiger partial charge is 0.410 e. The van der Waals surface area contributed by atoms with Crippen molar-refractivity contribution >= 4 is 17.8 Å². The van der Waals surface area contributed by atoms with Crippen LogP contribution in [0.5, 0.6) is 0 Å². The van der Waals surface area contributed by atoms with E-state index in [0.717, 1.165) is 0 Å². The van der Waals surface area contributed by atoms with Crippen LogP contribution in [0.25, 0.3) is 0 Å². The summed E-state index contributed by atoms with van der Waals surface area (Å²) in [5.41, 5.74) is -3.94. The summed E-state index contributed by atoms with van der Waals surface area (Å²) in [5.74, 6) is -1.02. The molecule has 232 valence electrons. The maximum Gasteiger partial charge on any atom is 0.410 e. The summed E-state index contributed by atoms with van der Waals surface area (Å²) in [6, 6.07) is -0.563. The molecular weight excluding hydrogens is 524 g/mol. The fourth-order valence-electron chi connectivity index (χ4n) is 8.55. The van der Waals surface area contributed by atoms with Crippen LogP contribution in [-0.2, 0) is 19.1 Å². The highest BCUT2D eigenvalue weighted by atomic mass is 16.6. The van der Waals surface area contributed by atoms with E-state index in [1.165, 1.54) is 0 Å². The van der Waals surface area contributed by atoms with Crippen LogP contribution < -0.4 is 0 Å². The second-order valence-corrected chi connectivity index (χ2v) is 14.9. The van der Waals surface area contributed by atoms with Crippen LogP contribution in [0.15, 0.2) is 12.7 Å². The van der Waals surface area contributed by atoms with Crippen LogP contribution in [0.3, 0.4) is 0 Å². The number of ketones is 1. The third-order valence-corrected chi connectivity index (χ3v) is 11.6. The number of esters is 1. The molecule has 1 heterocycles. The van der Waals surface area contributed by atoms with E-state index in [9.17, 15) is 24.6 Å². The fraction of sp³-hybridized carbons (Fsp3) is 0.844. The van der Waals surface area contributed by atoms with Crippen LogP contribution in [0.4, 0.5) is 4.79 Å². The Bertz CT molecular complexity index is 1060. The van der Waals surface area contributed by atoms with E-state index in [1.807, 2.05) is 60.3 Å². The molecule has 0 aromatic carbocycles. The Hall–Kier alpha value is -1.97. The highest BCUT2D eigenvalue weighted by Crippen LogP contribution is 2.69. The fourth-order valence-corrected chi connectivity index (χ4v) is 8.55. The molecule has 41 heavy (non-hydrogen) atoms. The number of ether oxygens (including phenoxy) is 2. The molecule has 1 saturated heterocycles. The summed E-state index contributed by atoms with van der Waals surface area (Å²) < 4.78 is 11.9. The molecule has 0 spiro atoms. The van der Waals surface area contributed by atoms with Crippen LogP contribution in [0, 0.1) is 28.1 Å². The van der Waals surface area contributed by atoms with Crippen molar-refractivity contribution in [2.24, 2.45) is 28.1 Å². The lowest BCUT2D eigenvalue weighted by atomic mass is 9.42. The van der Waals surface area contributed by atoms with Crippen molar-refractivity contribution in [1.82, 2.24) is 9.80 Å². The Morgan fingerprint density at radius 3 is 2.24 bits per heavy atom. The number of carbonyl (C=O) groups is 3. The van der Waals surface area contributed by atoms with Gasteiger partial charge in [-0.1, -0.05) is 26.8 Å². The molecule has 2 bridgehead atoms. The number of hydrogen-bond donors (Lipinski definition) is 2. The minimum absolute atomic E-state index is 0.0843. The number of Topliss-reactive ketones (excluding diaryl/α,β-unsaturated/α-hetero) is 1. The summed E-state index contributed by atoms with van der Waals surface area (Å²) in [7, 11) is 0. The average molecular weight is 577 g/mol. The van der Waals surface area contributed by atoms with E-state index in [-0.39, 0.29) is 24.2 Å². The molecule has 9 nitrogen and oxygen atoms in total. The normalized spacial score (nSPS) is 42.5. The number of aliphatic hydroxyl groups excluding tert-OH is 2. The average Bonchev–Trinajstić information content (AvgIpc) is 3.26. The number of nitrogens with zero attached hydrogens (tertiary/aromatic N) is 2. The summed E-state index contributed by atoms with van der Waals surface area (Å²) in [4.78, 5) is 43.6. The number of aliphatic hydroxyl groups is 2. The Kier molecular flexibility index (Phi) is 8.29. The minimum Gasteiger partial charge on any atom is -0.457 e. The molecule has 9 atom stereocenters. The lowest BCUT2D eigenvalue weighted by Gasteiger charge is -2.64. The molecule has 3 aliphatic carbocycles. The zero-order valence-electron chi connectivity index (χ0n) is 26.4. The van der Waals surface area contributed by atoms with Gasteiger partial charge in [0, 0.05) is 49.3 Å². The lowest BCUT2D eigenvalue weighted by molar-refractivity contribution is -0.254. The van der Waals surface area contributed by atoms with Gasteiger partial charge in [0.25, 0.3) is 0 Å². The van der Waals surface area contributed by atoms with Gasteiger partial charge in [0.1, 0.15) is 23.0 Å². The summed E-state index contributed by atoms with van der Waals surface area (Å²) in [5, 5.41) is 23.5. The molecule has 3 saturated carbocycles. The largest absolute Gasteiger partial charge is 0.457 e. The number of piperazine rings is 1. The number of amides is 1. The Balaban J connectivity index is 1.57. The number of carbonyl (C=O) groups excluding carboxylic acids is 3. The minimum atomic E-state index is -1.09. The summed E-state index contributed by atoms with van der Waals surface area (Å²) in [6.07, 6.45) is 2.03. The second-order valence-electron chi connectivity index (χ2n) is 14.9. The van der Waals surface area contributed by atoms with Gasteiger partial charge in [-0.3, -0.25) is 14.5 Å². The van der Waals surface area contributed by atoms with E-state index in [0.29, 0.717) is 51.9 Å². The first-order valence-corrected chi connectivity index (χ1v) is 15.3. The zero-order valence-corrected chi connectivity index (χ0v) is 26.4. The molecule has 1 aliphatic heterocycles. The van der Waals surface area contributed by atoms with Gasteiger partial charge in [-0.2, -0.15) is 0 Å².